The number of esters is 1. The minimum Gasteiger partial charge on any atom is -0.490 e. The number of amides is 2. The van der Waals surface area contributed by atoms with Crippen molar-refractivity contribution in [2.24, 2.45) is 5.92 Å². The highest BCUT2D eigenvalue weighted by atomic mass is 35.5. The van der Waals surface area contributed by atoms with E-state index in [0.29, 0.717) is 40.9 Å². The van der Waals surface area contributed by atoms with Gasteiger partial charge in [-0.3, -0.25) is 14.4 Å². The van der Waals surface area contributed by atoms with Gasteiger partial charge >= 0.3 is 5.97 Å². The second-order valence-electron chi connectivity index (χ2n) is 9.82. The summed E-state index contributed by atoms with van der Waals surface area (Å²) in [6, 6.07) is 21.3. The molecule has 0 atom stereocenters. The van der Waals surface area contributed by atoms with Crippen molar-refractivity contribution in [3.8, 4) is 11.5 Å². The zero-order valence-corrected chi connectivity index (χ0v) is 23.8. The summed E-state index contributed by atoms with van der Waals surface area (Å²) in [5.74, 6) is 0.712. The Balaban J connectivity index is 1.13. The van der Waals surface area contributed by atoms with E-state index in [4.69, 9.17) is 25.8 Å². The summed E-state index contributed by atoms with van der Waals surface area (Å²) < 4.78 is 16.9. The number of rotatable bonds is 12. The van der Waals surface area contributed by atoms with E-state index >= 15 is 0 Å². The molecule has 0 aliphatic heterocycles. The van der Waals surface area contributed by atoms with Crippen LogP contribution in [0.3, 0.4) is 0 Å². The lowest BCUT2D eigenvalue weighted by atomic mass is 9.87. The molecule has 1 aliphatic carbocycles. The van der Waals surface area contributed by atoms with Gasteiger partial charge in [0.1, 0.15) is 18.1 Å². The van der Waals surface area contributed by atoms with Crippen LogP contribution in [0.15, 0.2) is 72.8 Å². The van der Waals surface area contributed by atoms with Crippen LogP contribution in [0.2, 0.25) is 5.02 Å². The van der Waals surface area contributed by atoms with E-state index in [1.807, 2.05) is 31.2 Å². The number of hydrogen-bond acceptors (Lipinski definition) is 6. The third kappa shape index (κ3) is 9.25. The second kappa shape index (κ2) is 15.1. The number of nitrogens with one attached hydrogen (secondary N) is 2. The van der Waals surface area contributed by atoms with Crippen LogP contribution in [-0.2, 0) is 16.1 Å². The molecule has 0 radical (unpaired) electrons. The number of benzene rings is 3. The normalized spacial score (nSPS) is 16.3. The topological polar surface area (TPSA) is 103 Å². The van der Waals surface area contributed by atoms with Gasteiger partial charge in [0.15, 0.2) is 0 Å². The molecule has 0 spiro atoms. The van der Waals surface area contributed by atoms with Gasteiger partial charge in [0.25, 0.3) is 11.8 Å². The molecule has 1 fully saturated rings. The average molecular weight is 579 g/mol. The van der Waals surface area contributed by atoms with Gasteiger partial charge in [-0.2, -0.15) is 0 Å². The van der Waals surface area contributed by atoms with Crippen LogP contribution >= 0.6 is 11.6 Å². The standard InChI is InChI=1S/C32H35ClN2O6/c1-2-39-32(38)25-9-17-29(18-10-25)41-28-15-7-24(8-16-28)31(37)35-20-19-34-30(36)23-5-13-27(14-6-23)40-21-22-3-11-26(33)12-4-22/h3-8,11-16,25,29H,2,9-10,17-21H2,1H3,(H,34,36)(H,35,37). The van der Waals surface area contributed by atoms with Gasteiger partial charge in [0.05, 0.1) is 18.6 Å². The molecule has 3 aromatic carbocycles. The molecule has 2 amide bonds. The monoisotopic (exact) mass is 578 g/mol. The lowest BCUT2D eigenvalue weighted by Crippen LogP contribution is -2.34. The molecule has 8 nitrogen and oxygen atoms in total. The fourth-order valence-corrected chi connectivity index (χ4v) is 4.69. The first-order chi connectivity index (χ1) is 19.9. The molecule has 9 heteroatoms. The van der Waals surface area contributed by atoms with E-state index in [1.54, 1.807) is 48.5 Å². The van der Waals surface area contributed by atoms with Crippen molar-refractivity contribution in [2.75, 3.05) is 19.7 Å². The predicted octanol–water partition coefficient (Wildman–Crippen LogP) is 5.58. The molecule has 41 heavy (non-hydrogen) atoms. The van der Waals surface area contributed by atoms with Crippen LogP contribution < -0.4 is 20.1 Å². The zero-order valence-electron chi connectivity index (χ0n) is 23.1. The summed E-state index contributed by atoms with van der Waals surface area (Å²) in [6.45, 7) is 3.20. The van der Waals surface area contributed by atoms with E-state index in [0.717, 1.165) is 31.2 Å². The minimum absolute atomic E-state index is 0.0436. The minimum atomic E-state index is -0.235. The molecular weight excluding hydrogens is 544 g/mol. The van der Waals surface area contributed by atoms with Crippen LogP contribution in [0.4, 0.5) is 0 Å². The van der Waals surface area contributed by atoms with Gasteiger partial charge < -0.3 is 24.8 Å². The first kappa shape index (κ1) is 29.9. The van der Waals surface area contributed by atoms with E-state index in [1.165, 1.54) is 0 Å². The van der Waals surface area contributed by atoms with Crippen molar-refractivity contribution >= 4 is 29.4 Å². The maximum atomic E-state index is 12.5. The average Bonchev–Trinajstić information content (AvgIpc) is 3.00. The Morgan fingerprint density at radius 3 is 1.83 bits per heavy atom. The first-order valence-corrected chi connectivity index (χ1v) is 14.3. The van der Waals surface area contributed by atoms with Crippen LogP contribution in [0.1, 0.15) is 58.9 Å². The predicted molar refractivity (Wildman–Crippen MR) is 156 cm³/mol. The smallest absolute Gasteiger partial charge is 0.308 e. The molecule has 0 aromatic heterocycles. The molecule has 0 heterocycles. The summed E-state index contributed by atoms with van der Waals surface area (Å²) in [6.07, 6.45) is 3.14. The first-order valence-electron chi connectivity index (χ1n) is 13.9. The largest absolute Gasteiger partial charge is 0.490 e. The third-order valence-corrected chi connectivity index (χ3v) is 7.10. The molecule has 4 rings (SSSR count). The highest BCUT2D eigenvalue weighted by molar-refractivity contribution is 6.30. The quantitative estimate of drug-likeness (QED) is 0.215. The van der Waals surface area contributed by atoms with Crippen molar-refractivity contribution in [3.05, 3.63) is 94.5 Å². The summed E-state index contributed by atoms with van der Waals surface area (Å²) >= 11 is 5.90. The molecule has 1 saturated carbocycles. The molecule has 0 saturated heterocycles. The Labute approximate surface area is 245 Å². The number of carbonyl (C=O) groups is 3. The van der Waals surface area contributed by atoms with Crippen molar-refractivity contribution in [1.29, 1.82) is 0 Å². The van der Waals surface area contributed by atoms with E-state index in [2.05, 4.69) is 10.6 Å². The maximum Gasteiger partial charge on any atom is 0.308 e. The molecular formula is C32H35ClN2O6. The van der Waals surface area contributed by atoms with E-state index < -0.39 is 0 Å². The molecule has 1 aliphatic rings. The molecule has 216 valence electrons. The fourth-order valence-electron chi connectivity index (χ4n) is 4.56. The van der Waals surface area contributed by atoms with Crippen LogP contribution in [0.5, 0.6) is 11.5 Å². The Bertz CT molecular complexity index is 1290. The van der Waals surface area contributed by atoms with Crippen LogP contribution in [-0.4, -0.2) is 43.6 Å². The van der Waals surface area contributed by atoms with Crippen molar-refractivity contribution in [2.45, 2.75) is 45.3 Å². The molecule has 0 unspecified atom stereocenters. The molecule has 3 aromatic rings. The summed E-state index contributed by atoms with van der Waals surface area (Å²) in [5, 5.41) is 6.29. The number of ether oxygens (including phenoxy) is 3. The summed E-state index contributed by atoms with van der Waals surface area (Å²) in [7, 11) is 0. The van der Waals surface area contributed by atoms with Gasteiger partial charge in [0.2, 0.25) is 0 Å². The Hall–Kier alpha value is -4.04. The molecule has 0 bridgehead atoms. The van der Waals surface area contributed by atoms with Crippen LogP contribution in [0, 0.1) is 5.92 Å². The Morgan fingerprint density at radius 1 is 0.756 bits per heavy atom. The SMILES string of the molecule is CCOC(=O)C1CCC(Oc2ccc(C(=O)NCCNC(=O)c3ccc(OCc4ccc(Cl)cc4)cc3)cc2)CC1. The van der Waals surface area contributed by atoms with Crippen molar-refractivity contribution < 1.29 is 28.6 Å². The van der Waals surface area contributed by atoms with Gasteiger partial charge in [-0.25, -0.2) is 0 Å². The zero-order chi connectivity index (χ0) is 29.0. The van der Waals surface area contributed by atoms with Crippen molar-refractivity contribution in [1.82, 2.24) is 10.6 Å². The number of carbonyl (C=O) groups excluding carboxylic acids is 3. The number of halogens is 1. The van der Waals surface area contributed by atoms with E-state index in [-0.39, 0.29) is 42.9 Å². The highest BCUT2D eigenvalue weighted by Crippen LogP contribution is 2.28. The maximum absolute atomic E-state index is 12.5. The van der Waals surface area contributed by atoms with Gasteiger partial charge in [-0.15, -0.1) is 0 Å². The van der Waals surface area contributed by atoms with Gasteiger partial charge in [0, 0.05) is 29.2 Å². The third-order valence-electron chi connectivity index (χ3n) is 6.84. The summed E-state index contributed by atoms with van der Waals surface area (Å²) in [4.78, 5) is 36.9. The Morgan fingerprint density at radius 2 is 1.29 bits per heavy atom. The second-order valence-corrected chi connectivity index (χ2v) is 10.3. The number of hydrogen-bond donors (Lipinski definition) is 2. The van der Waals surface area contributed by atoms with Crippen LogP contribution in [0.25, 0.3) is 0 Å². The molecule has 2 N–H and O–H groups in total. The summed E-state index contributed by atoms with van der Waals surface area (Å²) in [5.41, 5.74) is 2.00. The fraction of sp³-hybridized carbons (Fsp3) is 0.344. The lowest BCUT2D eigenvalue weighted by Gasteiger charge is -2.27. The van der Waals surface area contributed by atoms with E-state index in [9.17, 15) is 14.4 Å². The van der Waals surface area contributed by atoms with Gasteiger partial charge in [-0.1, -0.05) is 23.7 Å². The van der Waals surface area contributed by atoms with Crippen molar-refractivity contribution in [3.63, 3.8) is 0 Å². The highest BCUT2D eigenvalue weighted by Gasteiger charge is 2.28. The Kier molecular flexibility index (Phi) is 11.0. The lowest BCUT2D eigenvalue weighted by molar-refractivity contribution is -0.149. The van der Waals surface area contributed by atoms with Gasteiger partial charge in [-0.05, 0) is 98.8 Å².